The van der Waals surface area contributed by atoms with Gasteiger partial charge >= 0.3 is 5.97 Å². The van der Waals surface area contributed by atoms with Gasteiger partial charge in [0.05, 0.1) is 29.3 Å². The molecule has 9 nitrogen and oxygen atoms in total. The van der Waals surface area contributed by atoms with E-state index in [0.29, 0.717) is 13.2 Å². The van der Waals surface area contributed by atoms with Crippen LogP contribution in [-0.2, 0) is 9.53 Å². The van der Waals surface area contributed by atoms with Gasteiger partial charge in [-0.2, -0.15) is 0 Å². The number of carboxylic acid groups (broad SMARTS) is 1. The van der Waals surface area contributed by atoms with Crippen LogP contribution in [0.15, 0.2) is 18.2 Å². The van der Waals surface area contributed by atoms with Gasteiger partial charge in [-0.1, -0.05) is 0 Å². The fourth-order valence-corrected chi connectivity index (χ4v) is 1.51. The first-order valence-corrected chi connectivity index (χ1v) is 5.97. The Labute approximate surface area is 120 Å². The fraction of sp³-hybridized carbons (Fsp3) is 0.333. The number of hydrogen-bond donors (Lipinski definition) is 3. The minimum absolute atomic E-state index is 0.0126. The summed E-state index contributed by atoms with van der Waals surface area (Å²) in [5, 5.41) is 24.8. The second kappa shape index (κ2) is 7.80. The SMILES string of the molecule is COCCNC(=O)CNc1cc([N+](=O)[O-])ccc1C(=O)O. The zero-order valence-electron chi connectivity index (χ0n) is 11.3. The van der Waals surface area contributed by atoms with Crippen LogP contribution < -0.4 is 10.6 Å². The number of amides is 1. The van der Waals surface area contributed by atoms with Crippen LogP contribution in [0.25, 0.3) is 0 Å². The highest BCUT2D eigenvalue weighted by molar-refractivity contribution is 5.95. The summed E-state index contributed by atoms with van der Waals surface area (Å²) in [5.41, 5.74) is -0.397. The number of carboxylic acids is 1. The molecular formula is C12H15N3O6. The number of nitrogens with one attached hydrogen (secondary N) is 2. The highest BCUT2D eigenvalue weighted by Crippen LogP contribution is 2.22. The van der Waals surface area contributed by atoms with E-state index in [0.717, 1.165) is 18.2 Å². The lowest BCUT2D eigenvalue weighted by molar-refractivity contribution is -0.384. The fourth-order valence-electron chi connectivity index (χ4n) is 1.51. The molecule has 21 heavy (non-hydrogen) atoms. The second-order valence-corrected chi connectivity index (χ2v) is 3.99. The van der Waals surface area contributed by atoms with Crippen LogP contribution in [0.2, 0.25) is 0 Å². The second-order valence-electron chi connectivity index (χ2n) is 3.99. The van der Waals surface area contributed by atoms with Crippen molar-refractivity contribution in [1.29, 1.82) is 0 Å². The van der Waals surface area contributed by atoms with Crippen molar-refractivity contribution in [2.75, 3.05) is 32.1 Å². The first-order valence-electron chi connectivity index (χ1n) is 5.97. The highest BCUT2D eigenvalue weighted by atomic mass is 16.6. The van der Waals surface area contributed by atoms with Gasteiger partial charge in [0.25, 0.3) is 5.69 Å². The summed E-state index contributed by atoms with van der Waals surface area (Å²) >= 11 is 0. The first-order chi connectivity index (χ1) is 9.95. The highest BCUT2D eigenvalue weighted by Gasteiger charge is 2.15. The number of anilines is 1. The number of nitro groups is 1. The number of rotatable bonds is 8. The average Bonchev–Trinajstić information content (AvgIpc) is 2.44. The molecule has 1 rings (SSSR count). The van der Waals surface area contributed by atoms with Gasteiger partial charge in [-0.05, 0) is 6.07 Å². The summed E-state index contributed by atoms with van der Waals surface area (Å²) in [5.74, 6) is -1.62. The Bertz CT molecular complexity index is 546. The molecule has 1 aromatic carbocycles. The molecule has 0 bridgehead atoms. The normalized spacial score (nSPS) is 9.95. The van der Waals surface area contributed by atoms with E-state index in [1.165, 1.54) is 7.11 Å². The number of hydrogen-bond acceptors (Lipinski definition) is 6. The number of non-ortho nitro benzene ring substituents is 1. The van der Waals surface area contributed by atoms with Crippen LogP contribution in [0, 0.1) is 10.1 Å². The van der Waals surface area contributed by atoms with Crippen LogP contribution in [0.1, 0.15) is 10.4 Å². The molecule has 0 atom stereocenters. The molecule has 0 heterocycles. The average molecular weight is 297 g/mol. The topological polar surface area (TPSA) is 131 Å². The van der Waals surface area contributed by atoms with E-state index in [-0.39, 0.29) is 29.4 Å². The number of benzene rings is 1. The molecule has 0 aliphatic rings. The molecule has 9 heteroatoms. The first kappa shape index (κ1) is 16.4. The zero-order valence-corrected chi connectivity index (χ0v) is 11.3. The van der Waals surface area contributed by atoms with E-state index in [2.05, 4.69) is 10.6 Å². The maximum atomic E-state index is 11.5. The Morgan fingerprint density at radius 1 is 1.43 bits per heavy atom. The van der Waals surface area contributed by atoms with E-state index < -0.39 is 10.9 Å². The molecule has 0 saturated heterocycles. The summed E-state index contributed by atoms with van der Waals surface area (Å²) in [6.07, 6.45) is 0. The van der Waals surface area contributed by atoms with E-state index in [4.69, 9.17) is 9.84 Å². The largest absolute Gasteiger partial charge is 0.478 e. The summed E-state index contributed by atoms with van der Waals surface area (Å²) in [6, 6.07) is 3.28. The van der Waals surface area contributed by atoms with Gasteiger partial charge < -0.3 is 20.5 Å². The van der Waals surface area contributed by atoms with Crippen molar-refractivity contribution in [2.45, 2.75) is 0 Å². The molecule has 0 radical (unpaired) electrons. The number of aromatic carboxylic acids is 1. The number of carbonyl (C=O) groups is 2. The quantitative estimate of drug-likeness (QED) is 0.361. The molecule has 1 amide bonds. The number of carbonyl (C=O) groups excluding carboxylic acids is 1. The smallest absolute Gasteiger partial charge is 0.337 e. The van der Waals surface area contributed by atoms with E-state index in [1.807, 2.05) is 0 Å². The van der Waals surface area contributed by atoms with Crippen molar-refractivity contribution in [2.24, 2.45) is 0 Å². The lowest BCUT2D eigenvalue weighted by Crippen LogP contribution is -2.32. The van der Waals surface area contributed by atoms with Crippen molar-refractivity contribution in [3.05, 3.63) is 33.9 Å². The predicted octanol–water partition coefficient (Wildman–Crippen LogP) is 0.467. The van der Waals surface area contributed by atoms with Crippen LogP contribution >= 0.6 is 0 Å². The molecule has 114 valence electrons. The minimum Gasteiger partial charge on any atom is -0.478 e. The maximum absolute atomic E-state index is 11.5. The van der Waals surface area contributed by atoms with Crippen LogP contribution in [0.5, 0.6) is 0 Å². The standard InChI is InChI=1S/C12H15N3O6/c1-21-5-4-13-11(16)7-14-10-6-8(15(19)20)2-3-9(10)12(17)18/h2-3,6,14H,4-5,7H2,1H3,(H,13,16)(H,17,18). The Kier molecular flexibility index (Phi) is 6.08. The molecule has 0 aliphatic heterocycles. The van der Waals surface area contributed by atoms with Crippen LogP contribution in [0.4, 0.5) is 11.4 Å². The third-order valence-electron chi connectivity index (χ3n) is 2.51. The van der Waals surface area contributed by atoms with Crippen molar-refractivity contribution >= 4 is 23.3 Å². The third-order valence-corrected chi connectivity index (χ3v) is 2.51. The number of nitro benzene ring substituents is 1. The maximum Gasteiger partial charge on any atom is 0.337 e. The summed E-state index contributed by atoms with van der Waals surface area (Å²) in [7, 11) is 1.49. The Hall–Kier alpha value is -2.68. The Balaban J connectivity index is 2.75. The van der Waals surface area contributed by atoms with E-state index in [9.17, 15) is 19.7 Å². The molecular weight excluding hydrogens is 282 g/mol. The molecule has 0 spiro atoms. The van der Waals surface area contributed by atoms with Gasteiger partial charge in [-0.3, -0.25) is 14.9 Å². The Morgan fingerprint density at radius 3 is 2.71 bits per heavy atom. The molecule has 1 aromatic rings. The summed E-state index contributed by atoms with van der Waals surface area (Å²) in [6.45, 7) is 0.464. The molecule has 3 N–H and O–H groups in total. The van der Waals surface area contributed by atoms with E-state index in [1.54, 1.807) is 0 Å². The zero-order chi connectivity index (χ0) is 15.8. The van der Waals surface area contributed by atoms with Crippen LogP contribution in [0.3, 0.4) is 0 Å². The Morgan fingerprint density at radius 2 is 2.14 bits per heavy atom. The van der Waals surface area contributed by atoms with Gasteiger partial charge in [0.15, 0.2) is 0 Å². The third kappa shape index (κ3) is 5.07. The number of ether oxygens (including phenoxy) is 1. The number of methoxy groups -OCH3 is 1. The predicted molar refractivity (Wildman–Crippen MR) is 73.4 cm³/mol. The van der Waals surface area contributed by atoms with Gasteiger partial charge in [0.2, 0.25) is 5.91 Å². The lowest BCUT2D eigenvalue weighted by Gasteiger charge is -2.09. The molecule has 0 unspecified atom stereocenters. The van der Waals surface area contributed by atoms with Crippen molar-refractivity contribution in [3.63, 3.8) is 0 Å². The summed E-state index contributed by atoms with van der Waals surface area (Å²) < 4.78 is 4.76. The minimum atomic E-state index is -1.24. The van der Waals surface area contributed by atoms with Crippen molar-refractivity contribution < 1.29 is 24.4 Å². The monoisotopic (exact) mass is 297 g/mol. The van der Waals surface area contributed by atoms with Crippen molar-refractivity contribution in [3.8, 4) is 0 Å². The lowest BCUT2D eigenvalue weighted by atomic mass is 10.1. The number of nitrogens with zero attached hydrogens (tertiary/aromatic N) is 1. The van der Waals surface area contributed by atoms with Crippen LogP contribution in [-0.4, -0.2) is 48.7 Å². The van der Waals surface area contributed by atoms with E-state index >= 15 is 0 Å². The van der Waals surface area contributed by atoms with Gasteiger partial charge in [0, 0.05) is 25.8 Å². The van der Waals surface area contributed by atoms with Gasteiger partial charge in [-0.25, -0.2) is 4.79 Å². The molecule has 0 aliphatic carbocycles. The summed E-state index contributed by atoms with van der Waals surface area (Å²) in [4.78, 5) is 32.6. The van der Waals surface area contributed by atoms with Gasteiger partial charge in [-0.15, -0.1) is 0 Å². The molecule has 0 saturated carbocycles. The molecule has 0 fully saturated rings. The van der Waals surface area contributed by atoms with Crippen molar-refractivity contribution in [1.82, 2.24) is 5.32 Å². The molecule has 0 aromatic heterocycles. The van der Waals surface area contributed by atoms with Gasteiger partial charge in [0.1, 0.15) is 0 Å².